The first kappa shape index (κ1) is 17.6. The fraction of sp³-hybridized carbons (Fsp3) is 0.400. The second-order valence-electron chi connectivity index (χ2n) is 7.46. The van der Waals surface area contributed by atoms with Gasteiger partial charge in [-0.05, 0) is 36.5 Å². The molecule has 1 amide bonds. The van der Waals surface area contributed by atoms with Crippen LogP contribution >= 0.6 is 22.9 Å². The van der Waals surface area contributed by atoms with Gasteiger partial charge in [0.05, 0.1) is 4.88 Å². The molecule has 2 atom stereocenters. The van der Waals surface area contributed by atoms with Gasteiger partial charge in [-0.3, -0.25) is 9.48 Å². The number of likely N-dealkylation sites (tertiary alicyclic amines) is 1. The number of amides is 1. The minimum Gasteiger partial charge on any atom is -0.337 e. The maximum atomic E-state index is 13.1. The average molecular weight is 388 g/mol. The van der Waals surface area contributed by atoms with Crippen LogP contribution in [0.2, 0.25) is 5.02 Å². The van der Waals surface area contributed by atoms with Gasteiger partial charge < -0.3 is 4.90 Å². The van der Waals surface area contributed by atoms with Crippen LogP contribution in [0, 0.1) is 11.8 Å². The van der Waals surface area contributed by atoms with Crippen LogP contribution in [0.5, 0.6) is 0 Å². The molecule has 26 heavy (non-hydrogen) atoms. The van der Waals surface area contributed by atoms with E-state index >= 15 is 0 Å². The monoisotopic (exact) mass is 387 g/mol. The lowest BCUT2D eigenvalue weighted by Gasteiger charge is -2.34. The van der Waals surface area contributed by atoms with E-state index in [1.165, 1.54) is 17.8 Å². The summed E-state index contributed by atoms with van der Waals surface area (Å²) < 4.78 is 1.86. The first-order chi connectivity index (χ1) is 12.4. The van der Waals surface area contributed by atoms with Crippen molar-refractivity contribution in [3.05, 3.63) is 40.2 Å². The Morgan fingerprint density at radius 2 is 1.85 bits per heavy atom. The number of piperidine rings is 1. The molecule has 1 aromatic carbocycles. The molecule has 1 aliphatic rings. The first-order valence-corrected chi connectivity index (χ1v) is 10.1. The zero-order chi connectivity index (χ0) is 18.4. The number of benzene rings is 1. The topological polar surface area (TPSA) is 38.1 Å². The smallest absolute Gasteiger partial charge is 0.264 e. The lowest BCUT2D eigenvalue weighted by Crippen LogP contribution is -2.42. The Labute approximate surface area is 162 Å². The van der Waals surface area contributed by atoms with Gasteiger partial charge >= 0.3 is 0 Å². The highest BCUT2D eigenvalue weighted by Crippen LogP contribution is 2.35. The van der Waals surface area contributed by atoms with Gasteiger partial charge in [-0.1, -0.05) is 37.6 Å². The highest BCUT2D eigenvalue weighted by molar-refractivity contribution is 7.20. The third kappa shape index (κ3) is 3.14. The van der Waals surface area contributed by atoms with Gasteiger partial charge in [0, 0.05) is 36.1 Å². The van der Waals surface area contributed by atoms with Crippen LogP contribution in [0.3, 0.4) is 0 Å². The average Bonchev–Trinajstić information content (AvgIpc) is 3.15. The summed E-state index contributed by atoms with van der Waals surface area (Å²) in [4.78, 5) is 16.9. The SMILES string of the molecule is C[C@H]1C[C@H](C)CN(C(=O)c2cc3c(-c4ccc(Cl)cc4)nn(C)c3s2)C1. The number of aryl methyl sites for hydroxylation is 1. The van der Waals surface area contributed by atoms with Gasteiger partial charge in [0.25, 0.3) is 5.91 Å². The molecule has 136 valence electrons. The molecule has 0 radical (unpaired) electrons. The highest BCUT2D eigenvalue weighted by Gasteiger charge is 2.28. The lowest BCUT2D eigenvalue weighted by molar-refractivity contribution is 0.0628. The van der Waals surface area contributed by atoms with E-state index in [1.807, 2.05) is 47.0 Å². The maximum Gasteiger partial charge on any atom is 0.264 e. The molecule has 4 nitrogen and oxygen atoms in total. The molecule has 0 N–H and O–H groups in total. The number of hydrogen-bond donors (Lipinski definition) is 0. The molecule has 2 aromatic heterocycles. The van der Waals surface area contributed by atoms with Crippen LogP contribution in [0.15, 0.2) is 30.3 Å². The van der Waals surface area contributed by atoms with E-state index in [0.29, 0.717) is 16.9 Å². The summed E-state index contributed by atoms with van der Waals surface area (Å²) in [6, 6.07) is 9.68. The second-order valence-corrected chi connectivity index (χ2v) is 8.93. The number of rotatable bonds is 2. The van der Waals surface area contributed by atoms with E-state index in [1.54, 1.807) is 0 Å². The van der Waals surface area contributed by atoms with Crippen LogP contribution in [-0.4, -0.2) is 33.7 Å². The normalized spacial score (nSPS) is 20.7. The Hall–Kier alpha value is -1.85. The van der Waals surface area contributed by atoms with Crippen molar-refractivity contribution in [3.8, 4) is 11.3 Å². The molecule has 0 saturated carbocycles. The van der Waals surface area contributed by atoms with Gasteiger partial charge in [-0.25, -0.2) is 0 Å². The zero-order valence-corrected chi connectivity index (χ0v) is 16.8. The summed E-state index contributed by atoms with van der Waals surface area (Å²) in [7, 11) is 1.93. The Kier molecular flexibility index (Phi) is 4.53. The number of fused-ring (bicyclic) bond motifs is 1. The minimum absolute atomic E-state index is 0.145. The first-order valence-electron chi connectivity index (χ1n) is 8.94. The largest absolute Gasteiger partial charge is 0.337 e. The standard InChI is InChI=1S/C20H22ClN3OS/c1-12-8-13(2)11-24(10-12)19(25)17-9-16-18(22-23(3)20(16)26-17)14-4-6-15(21)7-5-14/h4-7,9,12-13H,8,10-11H2,1-3H3/t12-,13-/m0/s1. The molecule has 0 unspecified atom stereocenters. The number of aromatic nitrogens is 2. The van der Waals surface area contributed by atoms with Crippen LogP contribution in [0.1, 0.15) is 29.9 Å². The van der Waals surface area contributed by atoms with Crippen molar-refractivity contribution in [2.24, 2.45) is 18.9 Å². The molecule has 3 aromatic rings. The number of carbonyl (C=O) groups is 1. The Balaban J connectivity index is 1.70. The van der Waals surface area contributed by atoms with Crippen molar-refractivity contribution in [1.82, 2.24) is 14.7 Å². The zero-order valence-electron chi connectivity index (χ0n) is 15.2. The van der Waals surface area contributed by atoms with Crippen LogP contribution in [-0.2, 0) is 7.05 Å². The second kappa shape index (κ2) is 6.71. The fourth-order valence-electron chi connectivity index (χ4n) is 3.95. The maximum absolute atomic E-state index is 13.1. The van der Waals surface area contributed by atoms with E-state index in [-0.39, 0.29) is 5.91 Å². The summed E-state index contributed by atoms with van der Waals surface area (Å²) >= 11 is 7.53. The van der Waals surface area contributed by atoms with Gasteiger partial charge in [-0.15, -0.1) is 11.3 Å². The summed E-state index contributed by atoms with van der Waals surface area (Å²) in [5, 5.41) is 6.38. The molecule has 1 saturated heterocycles. The molecule has 6 heteroatoms. The highest BCUT2D eigenvalue weighted by atomic mass is 35.5. The van der Waals surface area contributed by atoms with Gasteiger partial charge in [-0.2, -0.15) is 5.10 Å². The van der Waals surface area contributed by atoms with Crippen molar-refractivity contribution in [1.29, 1.82) is 0 Å². The van der Waals surface area contributed by atoms with Gasteiger partial charge in [0.1, 0.15) is 10.5 Å². The van der Waals surface area contributed by atoms with Crippen LogP contribution in [0.25, 0.3) is 21.5 Å². The molecule has 0 aliphatic carbocycles. The van der Waals surface area contributed by atoms with E-state index in [9.17, 15) is 4.79 Å². The van der Waals surface area contributed by atoms with Crippen LogP contribution in [0.4, 0.5) is 0 Å². The number of halogens is 1. The predicted octanol–water partition coefficient (Wildman–Crippen LogP) is 5.07. The van der Waals surface area contributed by atoms with E-state index in [2.05, 4.69) is 18.9 Å². The Morgan fingerprint density at radius 3 is 2.50 bits per heavy atom. The molecule has 0 spiro atoms. The molecule has 1 aliphatic heterocycles. The van der Waals surface area contributed by atoms with Crippen molar-refractivity contribution < 1.29 is 4.79 Å². The van der Waals surface area contributed by atoms with Gasteiger partial charge in [0.2, 0.25) is 0 Å². The van der Waals surface area contributed by atoms with Crippen molar-refractivity contribution >= 4 is 39.1 Å². The fourth-order valence-corrected chi connectivity index (χ4v) is 5.12. The van der Waals surface area contributed by atoms with Crippen molar-refractivity contribution in [3.63, 3.8) is 0 Å². The molecular weight excluding hydrogens is 366 g/mol. The minimum atomic E-state index is 0.145. The van der Waals surface area contributed by atoms with E-state index < -0.39 is 0 Å². The lowest BCUT2D eigenvalue weighted by atomic mass is 9.92. The summed E-state index contributed by atoms with van der Waals surface area (Å²) in [6.45, 7) is 6.15. The van der Waals surface area contributed by atoms with E-state index in [4.69, 9.17) is 11.6 Å². The summed E-state index contributed by atoms with van der Waals surface area (Å²) in [5.74, 6) is 1.26. The Morgan fingerprint density at radius 1 is 1.19 bits per heavy atom. The summed E-state index contributed by atoms with van der Waals surface area (Å²) in [6.07, 6.45) is 1.20. The molecule has 0 bridgehead atoms. The molecule has 1 fully saturated rings. The predicted molar refractivity (Wildman–Crippen MR) is 108 cm³/mol. The molecule has 4 rings (SSSR count). The Bertz CT molecular complexity index is 950. The number of thiophene rings is 1. The third-order valence-corrected chi connectivity index (χ3v) is 6.44. The third-order valence-electron chi connectivity index (χ3n) is 5.00. The van der Waals surface area contributed by atoms with Crippen molar-refractivity contribution in [2.45, 2.75) is 20.3 Å². The summed E-state index contributed by atoms with van der Waals surface area (Å²) in [5.41, 5.74) is 1.91. The quantitative estimate of drug-likeness (QED) is 0.615. The van der Waals surface area contributed by atoms with Gasteiger partial charge in [0.15, 0.2) is 0 Å². The number of hydrogen-bond acceptors (Lipinski definition) is 3. The van der Waals surface area contributed by atoms with Crippen molar-refractivity contribution in [2.75, 3.05) is 13.1 Å². The molecular formula is C20H22ClN3OS. The molecule has 3 heterocycles. The van der Waals surface area contributed by atoms with Crippen LogP contribution < -0.4 is 0 Å². The van der Waals surface area contributed by atoms with E-state index in [0.717, 1.165) is 39.4 Å². The number of carbonyl (C=O) groups excluding carboxylic acids is 1. The number of nitrogens with zero attached hydrogens (tertiary/aromatic N) is 3.